The maximum Gasteiger partial charge on any atom is 0.419 e. The number of hydrogen-bond donors (Lipinski definition) is 1. The van der Waals surface area contributed by atoms with Crippen molar-refractivity contribution in [2.75, 3.05) is 5.73 Å². The Hall–Kier alpha value is -2.18. The summed E-state index contributed by atoms with van der Waals surface area (Å²) in [5.41, 5.74) is 4.29. The summed E-state index contributed by atoms with van der Waals surface area (Å²) in [6.45, 7) is 0. The second-order valence-corrected chi connectivity index (χ2v) is 3.52. The lowest BCUT2D eigenvalue weighted by Gasteiger charge is -2.09. The molecule has 0 aliphatic rings. The molecule has 0 radical (unpaired) electrons. The lowest BCUT2D eigenvalue weighted by atomic mass is 10.1. The first-order chi connectivity index (χ1) is 8.38. The van der Waals surface area contributed by atoms with E-state index in [2.05, 4.69) is 9.97 Å². The van der Waals surface area contributed by atoms with Crippen molar-refractivity contribution in [2.45, 2.75) is 6.18 Å². The SMILES string of the molecule is Nc1cnc(-c2ccc(F)c(C(F)(F)F)c2)cn1. The highest BCUT2D eigenvalue weighted by molar-refractivity contribution is 5.60. The zero-order chi connectivity index (χ0) is 13.3. The molecular weight excluding hydrogens is 250 g/mol. The number of hydrogen-bond acceptors (Lipinski definition) is 3. The van der Waals surface area contributed by atoms with E-state index in [9.17, 15) is 17.6 Å². The first-order valence-corrected chi connectivity index (χ1v) is 4.82. The van der Waals surface area contributed by atoms with Gasteiger partial charge in [-0.25, -0.2) is 9.37 Å². The van der Waals surface area contributed by atoms with Gasteiger partial charge in [0, 0.05) is 5.56 Å². The van der Waals surface area contributed by atoms with Crippen LogP contribution in [0.3, 0.4) is 0 Å². The van der Waals surface area contributed by atoms with E-state index in [0.29, 0.717) is 6.07 Å². The van der Waals surface area contributed by atoms with Crippen molar-refractivity contribution in [3.05, 3.63) is 42.0 Å². The summed E-state index contributed by atoms with van der Waals surface area (Å²) in [5, 5.41) is 0. The molecule has 0 bridgehead atoms. The Bertz CT molecular complexity index is 563. The van der Waals surface area contributed by atoms with Gasteiger partial charge in [0.15, 0.2) is 0 Å². The third kappa shape index (κ3) is 2.39. The van der Waals surface area contributed by atoms with E-state index < -0.39 is 17.6 Å². The normalized spacial score (nSPS) is 11.6. The van der Waals surface area contributed by atoms with E-state index in [1.807, 2.05) is 0 Å². The molecule has 3 nitrogen and oxygen atoms in total. The van der Waals surface area contributed by atoms with E-state index in [-0.39, 0.29) is 17.1 Å². The van der Waals surface area contributed by atoms with Crippen molar-refractivity contribution >= 4 is 5.82 Å². The number of rotatable bonds is 1. The Morgan fingerprint density at radius 2 is 1.78 bits per heavy atom. The lowest BCUT2D eigenvalue weighted by Crippen LogP contribution is -2.08. The van der Waals surface area contributed by atoms with E-state index in [1.165, 1.54) is 18.5 Å². The van der Waals surface area contributed by atoms with Crippen LogP contribution in [0.25, 0.3) is 11.3 Å². The van der Waals surface area contributed by atoms with Gasteiger partial charge in [-0.05, 0) is 18.2 Å². The molecule has 2 N–H and O–H groups in total. The number of halogens is 4. The van der Waals surface area contributed by atoms with Crippen LogP contribution in [0.1, 0.15) is 5.56 Å². The molecule has 0 unspecified atom stereocenters. The van der Waals surface area contributed by atoms with Gasteiger partial charge < -0.3 is 5.73 Å². The average molecular weight is 257 g/mol. The number of anilines is 1. The Labute approximate surface area is 99.3 Å². The topological polar surface area (TPSA) is 51.8 Å². The van der Waals surface area contributed by atoms with E-state index >= 15 is 0 Å². The maximum atomic E-state index is 13.1. The van der Waals surface area contributed by atoms with E-state index in [0.717, 1.165) is 6.07 Å². The smallest absolute Gasteiger partial charge is 0.382 e. The monoisotopic (exact) mass is 257 g/mol. The molecular formula is C11H7F4N3. The highest BCUT2D eigenvalue weighted by atomic mass is 19.4. The van der Waals surface area contributed by atoms with Crippen molar-refractivity contribution in [1.82, 2.24) is 9.97 Å². The second kappa shape index (κ2) is 4.25. The number of alkyl halides is 3. The van der Waals surface area contributed by atoms with Gasteiger partial charge in [0.2, 0.25) is 0 Å². The third-order valence-electron chi connectivity index (χ3n) is 2.24. The molecule has 7 heteroatoms. The van der Waals surface area contributed by atoms with E-state index in [1.54, 1.807) is 0 Å². The number of nitrogen functional groups attached to an aromatic ring is 1. The van der Waals surface area contributed by atoms with Gasteiger partial charge in [0.1, 0.15) is 11.6 Å². The molecule has 2 aromatic rings. The molecule has 0 saturated carbocycles. The third-order valence-corrected chi connectivity index (χ3v) is 2.24. The fourth-order valence-corrected chi connectivity index (χ4v) is 1.39. The predicted molar refractivity (Wildman–Crippen MR) is 56.8 cm³/mol. The number of aromatic nitrogens is 2. The molecule has 0 fully saturated rings. The van der Waals surface area contributed by atoms with Gasteiger partial charge >= 0.3 is 6.18 Å². The Morgan fingerprint density at radius 1 is 1.06 bits per heavy atom. The van der Waals surface area contributed by atoms with Gasteiger partial charge in [-0.3, -0.25) is 4.98 Å². The standard InChI is InChI=1S/C11H7F4N3/c12-8-2-1-6(3-7(8)11(13,14)15)9-4-18-10(16)5-17-9/h1-5H,(H2,16,18). The number of nitrogens with two attached hydrogens (primary N) is 1. The van der Waals surface area contributed by atoms with Crippen molar-refractivity contribution in [3.8, 4) is 11.3 Å². The molecule has 0 spiro atoms. The summed E-state index contributed by atoms with van der Waals surface area (Å²) in [4.78, 5) is 7.53. The van der Waals surface area contributed by atoms with Gasteiger partial charge in [-0.15, -0.1) is 0 Å². The van der Waals surface area contributed by atoms with Crippen molar-refractivity contribution < 1.29 is 17.6 Å². The number of benzene rings is 1. The minimum absolute atomic E-state index is 0.122. The molecule has 0 aliphatic carbocycles. The van der Waals surface area contributed by atoms with Crippen LogP contribution in [-0.4, -0.2) is 9.97 Å². The molecule has 1 aromatic carbocycles. The maximum absolute atomic E-state index is 13.1. The largest absolute Gasteiger partial charge is 0.419 e. The molecule has 0 saturated heterocycles. The zero-order valence-electron chi connectivity index (χ0n) is 8.87. The lowest BCUT2D eigenvalue weighted by molar-refractivity contribution is -0.139. The van der Waals surface area contributed by atoms with Gasteiger partial charge in [0.05, 0.1) is 23.7 Å². The Kier molecular flexibility index (Phi) is 2.90. The van der Waals surface area contributed by atoms with Gasteiger partial charge in [-0.2, -0.15) is 13.2 Å². The quantitative estimate of drug-likeness (QED) is 0.799. The predicted octanol–water partition coefficient (Wildman–Crippen LogP) is 2.88. The minimum Gasteiger partial charge on any atom is -0.382 e. The van der Waals surface area contributed by atoms with Crippen molar-refractivity contribution in [1.29, 1.82) is 0 Å². The zero-order valence-corrected chi connectivity index (χ0v) is 8.87. The van der Waals surface area contributed by atoms with Gasteiger partial charge in [-0.1, -0.05) is 0 Å². The molecule has 94 valence electrons. The molecule has 2 rings (SSSR count). The van der Waals surface area contributed by atoms with Crippen LogP contribution in [0.2, 0.25) is 0 Å². The minimum atomic E-state index is -4.75. The molecule has 1 heterocycles. The van der Waals surface area contributed by atoms with Crippen LogP contribution in [0.4, 0.5) is 23.4 Å². The van der Waals surface area contributed by atoms with Crippen molar-refractivity contribution in [3.63, 3.8) is 0 Å². The molecule has 18 heavy (non-hydrogen) atoms. The Balaban J connectivity index is 2.50. The summed E-state index contributed by atoms with van der Waals surface area (Å²) in [6.07, 6.45) is -2.31. The van der Waals surface area contributed by atoms with Crippen LogP contribution in [0.15, 0.2) is 30.6 Å². The number of nitrogens with zero attached hydrogens (tertiary/aromatic N) is 2. The molecule has 0 aliphatic heterocycles. The highest BCUT2D eigenvalue weighted by Crippen LogP contribution is 2.33. The second-order valence-electron chi connectivity index (χ2n) is 3.52. The summed E-state index contributed by atoms with van der Waals surface area (Å²) in [7, 11) is 0. The molecule has 0 atom stereocenters. The summed E-state index contributed by atoms with van der Waals surface area (Å²) in [5.74, 6) is -1.17. The molecule has 1 aromatic heterocycles. The molecule has 0 amide bonds. The summed E-state index contributed by atoms with van der Waals surface area (Å²) < 4.78 is 50.6. The Morgan fingerprint density at radius 3 is 2.33 bits per heavy atom. The van der Waals surface area contributed by atoms with Crippen LogP contribution in [0, 0.1) is 5.82 Å². The van der Waals surface area contributed by atoms with E-state index in [4.69, 9.17) is 5.73 Å². The van der Waals surface area contributed by atoms with Crippen LogP contribution in [0.5, 0.6) is 0 Å². The van der Waals surface area contributed by atoms with Crippen molar-refractivity contribution in [2.24, 2.45) is 0 Å². The summed E-state index contributed by atoms with van der Waals surface area (Å²) in [6, 6.07) is 2.64. The first kappa shape index (κ1) is 12.3. The first-order valence-electron chi connectivity index (χ1n) is 4.82. The highest BCUT2D eigenvalue weighted by Gasteiger charge is 2.34. The fourth-order valence-electron chi connectivity index (χ4n) is 1.39. The van der Waals surface area contributed by atoms with Crippen LogP contribution in [-0.2, 0) is 6.18 Å². The average Bonchev–Trinajstić information content (AvgIpc) is 2.29. The fraction of sp³-hybridized carbons (Fsp3) is 0.0909. The summed E-state index contributed by atoms with van der Waals surface area (Å²) >= 11 is 0. The van der Waals surface area contributed by atoms with Crippen LogP contribution < -0.4 is 5.73 Å². The van der Waals surface area contributed by atoms with Gasteiger partial charge in [0.25, 0.3) is 0 Å². The van der Waals surface area contributed by atoms with Crippen LogP contribution >= 0.6 is 0 Å².